The van der Waals surface area contributed by atoms with Gasteiger partial charge in [0.1, 0.15) is 6.07 Å². The van der Waals surface area contributed by atoms with Crippen molar-refractivity contribution in [1.29, 1.82) is 5.26 Å². The Bertz CT molecular complexity index is 483. The lowest BCUT2D eigenvalue weighted by Gasteiger charge is -2.09. The fourth-order valence-corrected chi connectivity index (χ4v) is 1.24. The van der Waals surface area contributed by atoms with Crippen LogP contribution in [0.3, 0.4) is 0 Å². The van der Waals surface area contributed by atoms with E-state index in [4.69, 9.17) is 10.4 Å². The molecule has 1 aromatic heterocycles. The van der Waals surface area contributed by atoms with E-state index in [0.717, 1.165) is 13.2 Å². The minimum absolute atomic E-state index is 0.0961. The number of nitriles is 1. The van der Waals surface area contributed by atoms with E-state index in [0.29, 0.717) is 0 Å². The second kappa shape index (κ2) is 5.21. The number of pyridine rings is 1. The maximum Gasteiger partial charge on any atom is 0.309 e. The Morgan fingerprint density at radius 1 is 1.71 bits per heavy atom. The standard InChI is InChI=1S/C10H8F2N2O3/c1-17-10-6(9(11)12)2-5(4-13)7(14-10)3-8(15)16/h2,9H,3H2,1H3,(H,15,16). The van der Waals surface area contributed by atoms with E-state index in [-0.39, 0.29) is 17.1 Å². The molecule has 17 heavy (non-hydrogen) atoms. The molecule has 0 saturated carbocycles. The van der Waals surface area contributed by atoms with Crippen LogP contribution in [-0.2, 0) is 11.2 Å². The average molecular weight is 242 g/mol. The van der Waals surface area contributed by atoms with Crippen LogP contribution in [0.2, 0.25) is 0 Å². The normalized spacial score (nSPS) is 10.1. The number of aromatic nitrogens is 1. The quantitative estimate of drug-likeness (QED) is 0.865. The molecule has 0 aromatic carbocycles. The van der Waals surface area contributed by atoms with Crippen molar-refractivity contribution in [2.75, 3.05) is 7.11 Å². The van der Waals surface area contributed by atoms with Gasteiger partial charge >= 0.3 is 5.97 Å². The number of hydrogen-bond donors (Lipinski definition) is 1. The lowest BCUT2D eigenvalue weighted by molar-refractivity contribution is -0.136. The Morgan fingerprint density at radius 2 is 2.35 bits per heavy atom. The van der Waals surface area contributed by atoms with Crippen molar-refractivity contribution in [3.63, 3.8) is 0 Å². The van der Waals surface area contributed by atoms with Crippen molar-refractivity contribution in [2.24, 2.45) is 0 Å². The summed E-state index contributed by atoms with van der Waals surface area (Å²) in [6.45, 7) is 0. The average Bonchev–Trinajstić information content (AvgIpc) is 2.27. The molecule has 5 nitrogen and oxygen atoms in total. The largest absolute Gasteiger partial charge is 0.481 e. The fourth-order valence-electron chi connectivity index (χ4n) is 1.24. The van der Waals surface area contributed by atoms with Crippen molar-refractivity contribution >= 4 is 5.97 Å². The van der Waals surface area contributed by atoms with Crippen molar-refractivity contribution in [1.82, 2.24) is 4.98 Å². The van der Waals surface area contributed by atoms with E-state index in [1.807, 2.05) is 0 Å². The Labute approximate surface area is 95.3 Å². The van der Waals surface area contributed by atoms with Crippen molar-refractivity contribution in [3.05, 3.63) is 22.9 Å². The molecule has 90 valence electrons. The number of hydrogen-bond acceptors (Lipinski definition) is 4. The van der Waals surface area contributed by atoms with Crippen LogP contribution in [0.15, 0.2) is 6.07 Å². The summed E-state index contributed by atoms with van der Waals surface area (Å²) >= 11 is 0. The van der Waals surface area contributed by atoms with Crippen molar-refractivity contribution in [3.8, 4) is 11.9 Å². The van der Waals surface area contributed by atoms with E-state index >= 15 is 0 Å². The molecule has 1 rings (SSSR count). The monoisotopic (exact) mass is 242 g/mol. The summed E-state index contributed by atoms with van der Waals surface area (Å²) in [7, 11) is 1.14. The molecule has 0 spiro atoms. The molecular formula is C10H8F2N2O3. The van der Waals surface area contributed by atoms with Crippen LogP contribution >= 0.6 is 0 Å². The SMILES string of the molecule is COc1nc(CC(=O)O)c(C#N)cc1C(F)F. The van der Waals surface area contributed by atoms with Gasteiger partial charge in [-0.05, 0) is 6.07 Å². The first kappa shape index (κ1) is 12.8. The van der Waals surface area contributed by atoms with Crippen LogP contribution in [0.1, 0.15) is 23.2 Å². The smallest absolute Gasteiger partial charge is 0.309 e. The van der Waals surface area contributed by atoms with E-state index < -0.39 is 24.4 Å². The Hall–Kier alpha value is -2.23. The highest BCUT2D eigenvalue weighted by molar-refractivity contribution is 5.70. The molecule has 0 radical (unpaired) electrons. The molecule has 0 aliphatic heterocycles. The molecule has 0 aliphatic rings. The van der Waals surface area contributed by atoms with Crippen LogP contribution in [0, 0.1) is 11.3 Å². The summed E-state index contributed by atoms with van der Waals surface area (Å²) in [5.41, 5.74) is -0.817. The summed E-state index contributed by atoms with van der Waals surface area (Å²) in [5, 5.41) is 17.3. The fraction of sp³-hybridized carbons (Fsp3) is 0.300. The third-order valence-electron chi connectivity index (χ3n) is 1.96. The molecule has 1 N–H and O–H groups in total. The van der Waals surface area contributed by atoms with Crippen LogP contribution in [0.25, 0.3) is 0 Å². The number of methoxy groups -OCH3 is 1. The lowest BCUT2D eigenvalue weighted by Crippen LogP contribution is -2.08. The van der Waals surface area contributed by atoms with Gasteiger partial charge in [-0.3, -0.25) is 4.79 Å². The van der Waals surface area contributed by atoms with Crippen LogP contribution in [0.5, 0.6) is 5.88 Å². The van der Waals surface area contributed by atoms with Gasteiger partial charge in [0.25, 0.3) is 6.43 Å². The highest BCUT2D eigenvalue weighted by atomic mass is 19.3. The first-order valence-corrected chi connectivity index (χ1v) is 4.47. The minimum Gasteiger partial charge on any atom is -0.481 e. The predicted octanol–water partition coefficient (Wildman–Crippen LogP) is 1.53. The van der Waals surface area contributed by atoms with Crippen LogP contribution in [0.4, 0.5) is 8.78 Å². The summed E-state index contributed by atoms with van der Waals surface area (Å²) in [4.78, 5) is 14.1. The Kier molecular flexibility index (Phi) is 3.93. The molecule has 7 heteroatoms. The van der Waals surface area contributed by atoms with Gasteiger partial charge in [-0.15, -0.1) is 0 Å². The summed E-state index contributed by atoms with van der Waals surface area (Å²) < 4.78 is 29.8. The van der Waals surface area contributed by atoms with Crippen LogP contribution in [-0.4, -0.2) is 23.2 Å². The van der Waals surface area contributed by atoms with Gasteiger partial charge in [0.15, 0.2) is 0 Å². The first-order valence-electron chi connectivity index (χ1n) is 4.47. The third-order valence-corrected chi connectivity index (χ3v) is 1.96. The number of carboxylic acid groups (broad SMARTS) is 1. The second-order valence-corrected chi connectivity index (χ2v) is 3.06. The molecule has 1 aromatic rings. The molecule has 0 amide bonds. The van der Waals surface area contributed by atoms with Crippen molar-refractivity contribution < 1.29 is 23.4 Å². The molecule has 0 fully saturated rings. The Morgan fingerprint density at radius 3 is 2.76 bits per heavy atom. The minimum atomic E-state index is -2.84. The lowest BCUT2D eigenvalue weighted by atomic mass is 10.1. The van der Waals surface area contributed by atoms with Gasteiger partial charge in [-0.25, -0.2) is 13.8 Å². The van der Waals surface area contributed by atoms with Gasteiger partial charge in [0.05, 0.1) is 30.4 Å². The molecule has 0 atom stereocenters. The molecule has 1 heterocycles. The van der Waals surface area contributed by atoms with Gasteiger partial charge < -0.3 is 9.84 Å². The maximum absolute atomic E-state index is 12.6. The number of alkyl halides is 2. The van der Waals surface area contributed by atoms with Gasteiger partial charge in [0, 0.05) is 0 Å². The number of nitrogens with zero attached hydrogens (tertiary/aromatic N) is 2. The molecule has 0 unspecified atom stereocenters. The number of carboxylic acids is 1. The topological polar surface area (TPSA) is 83.2 Å². The van der Waals surface area contributed by atoms with Crippen LogP contribution < -0.4 is 4.74 Å². The summed E-state index contributed by atoms with van der Waals surface area (Å²) in [6, 6.07) is 2.53. The third kappa shape index (κ3) is 2.87. The predicted molar refractivity (Wildman–Crippen MR) is 51.8 cm³/mol. The highest BCUT2D eigenvalue weighted by Gasteiger charge is 2.20. The first-order chi connectivity index (χ1) is 7.99. The highest BCUT2D eigenvalue weighted by Crippen LogP contribution is 2.29. The maximum atomic E-state index is 12.6. The van der Waals surface area contributed by atoms with E-state index in [9.17, 15) is 13.6 Å². The zero-order valence-corrected chi connectivity index (χ0v) is 8.78. The number of halogens is 2. The Balaban J connectivity index is 3.33. The van der Waals surface area contributed by atoms with Gasteiger partial charge in [0.2, 0.25) is 5.88 Å². The summed E-state index contributed by atoms with van der Waals surface area (Å²) in [5.74, 6) is -1.57. The molecular weight excluding hydrogens is 234 g/mol. The van der Waals surface area contributed by atoms with Gasteiger partial charge in [-0.2, -0.15) is 5.26 Å². The zero-order chi connectivity index (χ0) is 13.0. The van der Waals surface area contributed by atoms with Crippen molar-refractivity contribution in [2.45, 2.75) is 12.8 Å². The number of aliphatic carboxylic acids is 1. The zero-order valence-electron chi connectivity index (χ0n) is 8.78. The summed E-state index contributed by atoms with van der Waals surface area (Å²) in [6.07, 6.45) is -3.37. The van der Waals surface area contributed by atoms with E-state index in [1.54, 1.807) is 6.07 Å². The number of carbonyl (C=O) groups is 1. The molecule has 0 bridgehead atoms. The molecule has 0 saturated heterocycles. The van der Waals surface area contributed by atoms with E-state index in [2.05, 4.69) is 9.72 Å². The van der Waals surface area contributed by atoms with E-state index in [1.165, 1.54) is 0 Å². The van der Waals surface area contributed by atoms with Gasteiger partial charge in [-0.1, -0.05) is 0 Å². The second-order valence-electron chi connectivity index (χ2n) is 3.06. The number of rotatable bonds is 4. The number of ether oxygens (including phenoxy) is 1. The molecule has 0 aliphatic carbocycles.